The second-order valence-corrected chi connectivity index (χ2v) is 6.82. The topological polar surface area (TPSA) is 9.23 Å². The average molecular weight is 382 g/mol. The fourth-order valence-electron chi connectivity index (χ4n) is 3.49. The number of halogens is 5. The van der Waals surface area contributed by atoms with Gasteiger partial charge in [-0.05, 0) is 72.9 Å². The maximum atomic E-state index is 14.3. The fraction of sp³-hybridized carbons (Fsp3) is 0.333. The van der Waals surface area contributed by atoms with E-state index >= 15 is 0 Å². The summed E-state index contributed by atoms with van der Waals surface area (Å²) >= 11 is 0. The molecule has 0 N–H and O–H groups in total. The van der Waals surface area contributed by atoms with Crippen LogP contribution < -0.4 is 4.74 Å². The minimum absolute atomic E-state index is 0.0690. The Morgan fingerprint density at radius 1 is 0.852 bits per heavy atom. The third-order valence-electron chi connectivity index (χ3n) is 5.02. The Bertz CT molecular complexity index is 794. The number of hydrogen-bond acceptors (Lipinski definition) is 1. The SMILES string of the molecule is C=CC1CCC(c2cc(F)c(OCc3cc(F)c(F)c(F)c3)c(F)c2)CC1. The summed E-state index contributed by atoms with van der Waals surface area (Å²) in [5.74, 6) is -6.25. The summed E-state index contributed by atoms with van der Waals surface area (Å²) in [4.78, 5) is 0. The molecule has 0 saturated heterocycles. The molecule has 2 aromatic rings. The van der Waals surface area contributed by atoms with E-state index in [0.717, 1.165) is 37.8 Å². The second kappa shape index (κ2) is 8.11. The number of hydrogen-bond donors (Lipinski definition) is 0. The lowest BCUT2D eigenvalue weighted by molar-refractivity contribution is 0.271. The van der Waals surface area contributed by atoms with Gasteiger partial charge in [0.05, 0.1) is 0 Å². The van der Waals surface area contributed by atoms with Crippen molar-refractivity contribution in [3.05, 3.63) is 77.1 Å². The van der Waals surface area contributed by atoms with Crippen LogP contribution in [0.15, 0.2) is 36.9 Å². The standard InChI is InChI=1S/C21H19F5O/c1-2-12-3-5-14(6-4-12)15-9-18(24)21(19(25)10-15)27-11-13-7-16(22)20(26)17(23)8-13/h2,7-10,12,14H,1,3-6,11H2. The van der Waals surface area contributed by atoms with Crippen LogP contribution in [0.3, 0.4) is 0 Å². The summed E-state index contributed by atoms with van der Waals surface area (Å²) in [6, 6.07) is 3.92. The van der Waals surface area contributed by atoms with Gasteiger partial charge in [-0.25, -0.2) is 22.0 Å². The minimum atomic E-state index is -1.60. The molecule has 0 aliphatic heterocycles. The van der Waals surface area contributed by atoms with E-state index in [1.165, 1.54) is 12.1 Å². The molecule has 0 spiro atoms. The van der Waals surface area contributed by atoms with Crippen LogP contribution in [0, 0.1) is 35.0 Å². The van der Waals surface area contributed by atoms with Crippen LogP contribution in [-0.4, -0.2) is 0 Å². The van der Waals surface area contributed by atoms with E-state index in [-0.39, 0.29) is 11.5 Å². The normalized spacial score (nSPS) is 19.7. The van der Waals surface area contributed by atoms with Crippen LogP contribution in [0.4, 0.5) is 22.0 Å². The molecule has 0 radical (unpaired) electrons. The Labute approximate surface area is 154 Å². The third kappa shape index (κ3) is 4.31. The van der Waals surface area contributed by atoms with Crippen molar-refractivity contribution in [1.82, 2.24) is 0 Å². The molecule has 3 rings (SSSR count). The van der Waals surface area contributed by atoms with Crippen molar-refractivity contribution in [2.24, 2.45) is 5.92 Å². The maximum Gasteiger partial charge on any atom is 0.194 e. The fourth-order valence-corrected chi connectivity index (χ4v) is 3.49. The smallest absolute Gasteiger partial charge is 0.194 e. The van der Waals surface area contributed by atoms with Crippen molar-refractivity contribution in [2.45, 2.75) is 38.2 Å². The van der Waals surface area contributed by atoms with Crippen LogP contribution in [0.2, 0.25) is 0 Å². The lowest BCUT2D eigenvalue weighted by Gasteiger charge is -2.27. The zero-order valence-corrected chi connectivity index (χ0v) is 14.6. The van der Waals surface area contributed by atoms with E-state index in [1.807, 2.05) is 6.08 Å². The second-order valence-electron chi connectivity index (χ2n) is 6.82. The molecule has 27 heavy (non-hydrogen) atoms. The van der Waals surface area contributed by atoms with Gasteiger partial charge in [-0.2, -0.15) is 0 Å². The minimum Gasteiger partial charge on any atom is -0.483 e. The maximum absolute atomic E-state index is 14.3. The molecule has 144 valence electrons. The van der Waals surface area contributed by atoms with Crippen LogP contribution in [0.25, 0.3) is 0 Å². The molecular formula is C21H19F5O. The monoisotopic (exact) mass is 382 g/mol. The molecular weight excluding hydrogens is 363 g/mol. The highest BCUT2D eigenvalue weighted by Crippen LogP contribution is 2.38. The van der Waals surface area contributed by atoms with Gasteiger partial charge in [0, 0.05) is 0 Å². The van der Waals surface area contributed by atoms with Gasteiger partial charge >= 0.3 is 0 Å². The molecule has 0 unspecified atom stereocenters. The molecule has 1 fully saturated rings. The van der Waals surface area contributed by atoms with Gasteiger partial charge in [0.2, 0.25) is 0 Å². The van der Waals surface area contributed by atoms with E-state index in [2.05, 4.69) is 6.58 Å². The van der Waals surface area contributed by atoms with Crippen molar-refractivity contribution < 1.29 is 26.7 Å². The molecule has 0 atom stereocenters. The lowest BCUT2D eigenvalue weighted by atomic mass is 9.79. The first-order chi connectivity index (χ1) is 12.9. The summed E-state index contributed by atoms with van der Waals surface area (Å²) in [5.41, 5.74) is 0.496. The van der Waals surface area contributed by atoms with Crippen molar-refractivity contribution in [2.75, 3.05) is 0 Å². The van der Waals surface area contributed by atoms with Gasteiger partial charge in [-0.15, -0.1) is 6.58 Å². The van der Waals surface area contributed by atoms with Gasteiger partial charge in [0.25, 0.3) is 0 Å². The zero-order chi connectivity index (χ0) is 19.6. The Kier molecular flexibility index (Phi) is 5.82. The number of allylic oxidation sites excluding steroid dienone is 1. The molecule has 1 aliphatic carbocycles. The Hall–Kier alpha value is -2.37. The molecule has 0 heterocycles. The first-order valence-corrected chi connectivity index (χ1v) is 8.76. The molecule has 1 aliphatic rings. The van der Waals surface area contributed by atoms with E-state index in [1.54, 1.807) is 0 Å². The molecule has 0 bridgehead atoms. The summed E-state index contributed by atoms with van der Waals surface area (Å²) < 4.78 is 73.1. The predicted octanol–water partition coefficient (Wildman–Crippen LogP) is 6.42. The summed E-state index contributed by atoms with van der Waals surface area (Å²) in [5, 5.41) is 0. The van der Waals surface area contributed by atoms with E-state index < -0.39 is 41.4 Å². The highest BCUT2D eigenvalue weighted by molar-refractivity contribution is 5.34. The van der Waals surface area contributed by atoms with Gasteiger partial charge < -0.3 is 4.74 Å². The first-order valence-electron chi connectivity index (χ1n) is 8.76. The van der Waals surface area contributed by atoms with Gasteiger partial charge in [-0.1, -0.05) is 6.08 Å². The highest BCUT2D eigenvalue weighted by atomic mass is 19.2. The van der Waals surface area contributed by atoms with Crippen molar-refractivity contribution in [1.29, 1.82) is 0 Å². The van der Waals surface area contributed by atoms with Crippen molar-refractivity contribution in [3.8, 4) is 5.75 Å². The van der Waals surface area contributed by atoms with Crippen LogP contribution >= 0.6 is 0 Å². The van der Waals surface area contributed by atoms with Crippen LogP contribution in [-0.2, 0) is 6.61 Å². The molecule has 0 amide bonds. The number of ether oxygens (including phenoxy) is 1. The van der Waals surface area contributed by atoms with Crippen molar-refractivity contribution >= 4 is 0 Å². The van der Waals surface area contributed by atoms with Gasteiger partial charge in [-0.3, -0.25) is 0 Å². The molecule has 0 aromatic heterocycles. The molecule has 2 aromatic carbocycles. The van der Waals surface area contributed by atoms with Gasteiger partial charge in [0.1, 0.15) is 6.61 Å². The zero-order valence-electron chi connectivity index (χ0n) is 14.6. The van der Waals surface area contributed by atoms with E-state index in [0.29, 0.717) is 11.5 Å². The van der Waals surface area contributed by atoms with E-state index in [4.69, 9.17) is 4.74 Å². The van der Waals surface area contributed by atoms with Crippen LogP contribution in [0.5, 0.6) is 5.75 Å². The third-order valence-corrected chi connectivity index (χ3v) is 5.02. The quantitative estimate of drug-likeness (QED) is 0.329. The lowest BCUT2D eigenvalue weighted by Crippen LogP contribution is -2.12. The Balaban J connectivity index is 1.73. The Morgan fingerprint density at radius 2 is 1.41 bits per heavy atom. The molecule has 1 nitrogen and oxygen atoms in total. The highest BCUT2D eigenvalue weighted by Gasteiger charge is 2.23. The van der Waals surface area contributed by atoms with Crippen LogP contribution in [0.1, 0.15) is 42.7 Å². The van der Waals surface area contributed by atoms with E-state index in [9.17, 15) is 22.0 Å². The molecule has 1 saturated carbocycles. The summed E-state index contributed by atoms with van der Waals surface area (Å²) in [7, 11) is 0. The predicted molar refractivity (Wildman–Crippen MR) is 91.9 cm³/mol. The van der Waals surface area contributed by atoms with Crippen molar-refractivity contribution in [3.63, 3.8) is 0 Å². The number of benzene rings is 2. The number of rotatable bonds is 5. The largest absolute Gasteiger partial charge is 0.483 e. The summed E-state index contributed by atoms with van der Waals surface area (Å²) in [6.07, 6.45) is 5.41. The average Bonchev–Trinajstić information content (AvgIpc) is 2.65. The molecule has 6 heteroatoms. The Morgan fingerprint density at radius 3 is 1.93 bits per heavy atom. The van der Waals surface area contributed by atoms with Gasteiger partial charge in [0.15, 0.2) is 34.8 Å². The summed E-state index contributed by atoms with van der Waals surface area (Å²) in [6.45, 7) is 3.28. The first kappa shape index (κ1) is 19.4.